The molecule has 0 amide bonds. The van der Waals surface area contributed by atoms with Gasteiger partial charge in [-0.1, -0.05) is 11.6 Å². The van der Waals surface area contributed by atoms with Gasteiger partial charge in [0.15, 0.2) is 5.13 Å². The number of anilines is 1. The fourth-order valence-electron chi connectivity index (χ4n) is 2.16. The highest BCUT2D eigenvalue weighted by molar-refractivity contribution is 7.14. The molecule has 0 saturated carbocycles. The van der Waals surface area contributed by atoms with E-state index in [0.717, 1.165) is 18.2 Å². The van der Waals surface area contributed by atoms with Crippen molar-refractivity contribution >= 4 is 28.1 Å². The number of halogens is 1. The highest BCUT2D eigenvalue weighted by atomic mass is 35.5. The lowest BCUT2D eigenvalue weighted by atomic mass is 10.2. The van der Waals surface area contributed by atoms with E-state index in [-0.39, 0.29) is 0 Å². The maximum Gasteiger partial charge on any atom is 0.186 e. The number of rotatable bonds is 1. The van der Waals surface area contributed by atoms with Gasteiger partial charge in [0.2, 0.25) is 0 Å². The minimum atomic E-state index is 0.413. The van der Waals surface area contributed by atoms with Crippen molar-refractivity contribution in [3.05, 3.63) is 10.5 Å². The van der Waals surface area contributed by atoms with Gasteiger partial charge in [-0.05, 0) is 12.8 Å². The molecule has 14 heavy (non-hydrogen) atoms. The maximum atomic E-state index is 5.81. The topological polar surface area (TPSA) is 25.4 Å². The van der Waals surface area contributed by atoms with Crippen molar-refractivity contribution in [2.24, 2.45) is 0 Å². The lowest BCUT2D eigenvalue weighted by Gasteiger charge is -2.31. The average molecular weight is 231 g/mol. The predicted octanol–water partition coefficient (Wildman–Crippen LogP) is 2.16. The van der Waals surface area contributed by atoms with Crippen molar-refractivity contribution < 1.29 is 4.74 Å². The van der Waals surface area contributed by atoms with Gasteiger partial charge in [-0.2, -0.15) is 0 Å². The summed E-state index contributed by atoms with van der Waals surface area (Å²) in [6, 6.07) is 0. The van der Waals surface area contributed by atoms with Gasteiger partial charge in [-0.15, -0.1) is 11.3 Å². The second kappa shape index (κ2) is 3.36. The number of hydrogen-bond donors (Lipinski definition) is 0. The van der Waals surface area contributed by atoms with Crippen LogP contribution in [0.4, 0.5) is 5.13 Å². The van der Waals surface area contributed by atoms with Gasteiger partial charge in [0.05, 0.1) is 12.2 Å². The molecule has 2 aliphatic rings. The Labute approximate surface area is 91.6 Å². The monoisotopic (exact) mass is 230 g/mol. The van der Waals surface area contributed by atoms with Crippen LogP contribution in [0.25, 0.3) is 0 Å². The second-order valence-corrected chi connectivity index (χ2v) is 5.04. The van der Waals surface area contributed by atoms with Gasteiger partial charge in [0.25, 0.3) is 0 Å². The molecule has 0 radical (unpaired) electrons. The van der Waals surface area contributed by atoms with E-state index in [0.29, 0.717) is 17.4 Å². The molecule has 2 bridgehead atoms. The fraction of sp³-hybridized carbons (Fsp3) is 0.667. The summed E-state index contributed by atoms with van der Waals surface area (Å²) in [5, 5.41) is 3.52. The number of aromatic nitrogens is 1. The first-order valence-electron chi connectivity index (χ1n) is 4.83. The summed E-state index contributed by atoms with van der Waals surface area (Å²) in [5.74, 6) is 0. The van der Waals surface area contributed by atoms with Crippen molar-refractivity contribution in [2.45, 2.75) is 25.0 Å². The first-order valence-corrected chi connectivity index (χ1v) is 6.08. The van der Waals surface area contributed by atoms with E-state index in [1.807, 2.05) is 5.38 Å². The number of ether oxygens (including phenoxy) is 1. The molecule has 5 heteroatoms. The minimum Gasteiger partial charge on any atom is -0.371 e. The van der Waals surface area contributed by atoms with Crippen molar-refractivity contribution in [1.82, 2.24) is 4.98 Å². The lowest BCUT2D eigenvalue weighted by Crippen LogP contribution is -2.42. The van der Waals surface area contributed by atoms with Crippen LogP contribution < -0.4 is 4.90 Å². The molecule has 1 aromatic rings. The zero-order valence-electron chi connectivity index (χ0n) is 7.65. The van der Waals surface area contributed by atoms with Crippen LogP contribution in [-0.4, -0.2) is 30.3 Å². The quantitative estimate of drug-likeness (QED) is 0.740. The molecule has 2 unspecified atom stereocenters. The summed E-state index contributed by atoms with van der Waals surface area (Å²) >= 11 is 7.42. The average Bonchev–Trinajstić information content (AvgIpc) is 2.73. The fourth-order valence-corrected chi connectivity index (χ4v) is 3.13. The molecule has 0 aliphatic carbocycles. The van der Waals surface area contributed by atoms with Crippen LogP contribution >= 0.6 is 22.9 Å². The molecule has 0 spiro atoms. The summed E-state index contributed by atoms with van der Waals surface area (Å²) < 4.78 is 5.76. The van der Waals surface area contributed by atoms with Crippen LogP contribution in [-0.2, 0) is 4.74 Å². The summed E-state index contributed by atoms with van der Waals surface area (Å²) in [7, 11) is 0. The van der Waals surface area contributed by atoms with E-state index < -0.39 is 0 Å². The Morgan fingerprint density at radius 3 is 2.71 bits per heavy atom. The van der Waals surface area contributed by atoms with Gasteiger partial charge < -0.3 is 9.64 Å². The number of thiazole rings is 1. The van der Waals surface area contributed by atoms with Crippen molar-refractivity contribution in [2.75, 3.05) is 18.0 Å². The largest absolute Gasteiger partial charge is 0.371 e. The molecular weight excluding hydrogens is 220 g/mol. The third kappa shape index (κ3) is 1.51. The molecule has 0 N–H and O–H groups in total. The Morgan fingerprint density at radius 2 is 2.14 bits per heavy atom. The maximum absolute atomic E-state index is 5.81. The van der Waals surface area contributed by atoms with Crippen LogP contribution in [0.15, 0.2) is 5.38 Å². The second-order valence-electron chi connectivity index (χ2n) is 3.82. The van der Waals surface area contributed by atoms with Crippen LogP contribution in [0.5, 0.6) is 0 Å². The molecule has 2 fully saturated rings. The first-order chi connectivity index (χ1) is 6.81. The van der Waals surface area contributed by atoms with E-state index in [4.69, 9.17) is 16.3 Å². The normalized spacial score (nSPS) is 31.1. The standard InChI is InChI=1S/C9H11ClN2OS/c10-8-5-14-9(11-8)12-3-6-1-2-7(4-12)13-6/h5-7H,1-4H2. The molecule has 2 aliphatic heterocycles. The molecule has 3 nitrogen and oxygen atoms in total. The lowest BCUT2D eigenvalue weighted by molar-refractivity contribution is 0.0305. The molecule has 3 heterocycles. The number of morpholine rings is 1. The molecule has 1 aromatic heterocycles. The van der Waals surface area contributed by atoms with E-state index in [2.05, 4.69) is 9.88 Å². The molecule has 76 valence electrons. The Bertz CT molecular complexity index is 331. The molecule has 2 saturated heterocycles. The highest BCUT2D eigenvalue weighted by Crippen LogP contribution is 2.31. The van der Waals surface area contributed by atoms with Crippen LogP contribution in [0.2, 0.25) is 5.15 Å². The highest BCUT2D eigenvalue weighted by Gasteiger charge is 2.34. The van der Waals surface area contributed by atoms with Gasteiger partial charge in [0.1, 0.15) is 5.15 Å². The Hall–Kier alpha value is -0.320. The summed E-state index contributed by atoms with van der Waals surface area (Å²) in [5.41, 5.74) is 0. The SMILES string of the molecule is Clc1csc(N2CC3CCC(C2)O3)n1. The number of nitrogens with zero attached hydrogens (tertiary/aromatic N) is 2. The van der Waals surface area contributed by atoms with Gasteiger partial charge in [-0.3, -0.25) is 0 Å². The minimum absolute atomic E-state index is 0.413. The van der Waals surface area contributed by atoms with Crippen molar-refractivity contribution in [1.29, 1.82) is 0 Å². The summed E-state index contributed by atoms with van der Waals surface area (Å²) in [6.45, 7) is 1.95. The van der Waals surface area contributed by atoms with Crippen LogP contribution in [0.3, 0.4) is 0 Å². The van der Waals surface area contributed by atoms with E-state index in [9.17, 15) is 0 Å². The number of fused-ring (bicyclic) bond motifs is 2. The zero-order chi connectivity index (χ0) is 9.54. The van der Waals surface area contributed by atoms with Gasteiger partial charge in [-0.25, -0.2) is 4.98 Å². The summed E-state index contributed by atoms with van der Waals surface area (Å²) in [6.07, 6.45) is 3.22. The van der Waals surface area contributed by atoms with E-state index in [1.165, 1.54) is 12.8 Å². The Balaban J connectivity index is 1.80. The Morgan fingerprint density at radius 1 is 1.43 bits per heavy atom. The smallest absolute Gasteiger partial charge is 0.186 e. The van der Waals surface area contributed by atoms with Crippen LogP contribution in [0.1, 0.15) is 12.8 Å². The first kappa shape index (κ1) is 8.95. The van der Waals surface area contributed by atoms with Crippen molar-refractivity contribution in [3.8, 4) is 0 Å². The zero-order valence-corrected chi connectivity index (χ0v) is 9.22. The van der Waals surface area contributed by atoms with E-state index in [1.54, 1.807) is 11.3 Å². The molecule has 3 rings (SSSR count). The number of hydrogen-bond acceptors (Lipinski definition) is 4. The van der Waals surface area contributed by atoms with Gasteiger partial charge in [0, 0.05) is 18.5 Å². The summed E-state index contributed by atoms with van der Waals surface area (Å²) in [4.78, 5) is 6.58. The molecular formula is C9H11ClN2OS. The van der Waals surface area contributed by atoms with Crippen molar-refractivity contribution in [3.63, 3.8) is 0 Å². The Kier molecular flexibility index (Phi) is 2.15. The van der Waals surface area contributed by atoms with Gasteiger partial charge >= 0.3 is 0 Å². The third-order valence-electron chi connectivity index (χ3n) is 2.78. The molecule has 2 atom stereocenters. The molecule has 0 aromatic carbocycles. The van der Waals surface area contributed by atoms with Crippen LogP contribution in [0, 0.1) is 0 Å². The van der Waals surface area contributed by atoms with E-state index >= 15 is 0 Å². The third-order valence-corrected chi connectivity index (χ3v) is 4.00. The predicted molar refractivity (Wildman–Crippen MR) is 57.2 cm³/mol.